The smallest absolute Gasteiger partial charge is 0.111 e. The van der Waals surface area contributed by atoms with Crippen molar-refractivity contribution >= 4 is 6.21 Å². The molecule has 3 heteroatoms. The number of nitrogens with zero attached hydrogens (tertiary/aromatic N) is 2. The summed E-state index contributed by atoms with van der Waals surface area (Å²) in [6, 6.07) is 0. The molecule has 0 amide bonds. The third kappa shape index (κ3) is 1.09. The van der Waals surface area contributed by atoms with E-state index in [1.54, 1.807) is 0 Å². The second kappa shape index (κ2) is 3.04. The van der Waals surface area contributed by atoms with Crippen molar-refractivity contribution in [3.05, 3.63) is 24.3 Å². The minimum Gasteiger partial charge on any atom is -0.378 e. The number of piperidine rings is 1. The van der Waals surface area contributed by atoms with Crippen LogP contribution in [-0.2, 0) is 0 Å². The van der Waals surface area contributed by atoms with Gasteiger partial charge in [-0.15, -0.1) is 0 Å². The van der Waals surface area contributed by atoms with E-state index in [0.29, 0.717) is 11.8 Å². The Balaban J connectivity index is 1.92. The van der Waals surface area contributed by atoms with E-state index in [4.69, 9.17) is 0 Å². The van der Waals surface area contributed by atoms with Crippen LogP contribution in [0.1, 0.15) is 6.42 Å². The standard InChI is InChI=1S/C11H14N2O/c14-10-7-8-3-1-2-4-9(8)11-12-5-6-13(10)11/h1-5,8-11,14H,6-7H2. The maximum absolute atomic E-state index is 9.91. The van der Waals surface area contributed by atoms with Gasteiger partial charge in [0.05, 0.1) is 0 Å². The van der Waals surface area contributed by atoms with E-state index >= 15 is 0 Å². The van der Waals surface area contributed by atoms with Crippen molar-refractivity contribution in [2.75, 3.05) is 6.54 Å². The van der Waals surface area contributed by atoms with Gasteiger partial charge in [-0.1, -0.05) is 24.3 Å². The lowest BCUT2D eigenvalue weighted by Gasteiger charge is -2.42. The molecule has 14 heavy (non-hydrogen) atoms. The van der Waals surface area contributed by atoms with Crippen LogP contribution < -0.4 is 0 Å². The average molecular weight is 190 g/mol. The average Bonchev–Trinajstić information content (AvgIpc) is 2.67. The van der Waals surface area contributed by atoms with E-state index in [1.165, 1.54) is 0 Å². The number of hydrogen-bond donors (Lipinski definition) is 1. The van der Waals surface area contributed by atoms with Crippen LogP contribution in [0.2, 0.25) is 0 Å². The van der Waals surface area contributed by atoms with Crippen LogP contribution in [0.5, 0.6) is 0 Å². The summed E-state index contributed by atoms with van der Waals surface area (Å²) in [6.45, 7) is 0.798. The van der Waals surface area contributed by atoms with Crippen LogP contribution in [0.4, 0.5) is 0 Å². The Bertz CT molecular complexity index is 321. The van der Waals surface area contributed by atoms with Crippen LogP contribution in [0.15, 0.2) is 29.3 Å². The SMILES string of the molecule is OC1CC2C=CC=CC2C2N=CCN12. The molecular weight excluding hydrogens is 176 g/mol. The van der Waals surface area contributed by atoms with Crippen LogP contribution in [0.25, 0.3) is 0 Å². The Kier molecular flexibility index (Phi) is 1.82. The minimum absolute atomic E-state index is 0.171. The predicted octanol–water partition coefficient (Wildman–Crippen LogP) is 0.779. The maximum atomic E-state index is 9.91. The monoisotopic (exact) mass is 190 g/mol. The van der Waals surface area contributed by atoms with Crippen LogP contribution in [0, 0.1) is 11.8 Å². The zero-order valence-electron chi connectivity index (χ0n) is 7.95. The highest BCUT2D eigenvalue weighted by atomic mass is 16.3. The topological polar surface area (TPSA) is 35.8 Å². The molecule has 3 nitrogen and oxygen atoms in total. The highest BCUT2D eigenvalue weighted by Gasteiger charge is 2.41. The molecule has 4 unspecified atom stereocenters. The number of rotatable bonds is 0. The van der Waals surface area contributed by atoms with Gasteiger partial charge in [-0.05, 0) is 12.3 Å². The minimum atomic E-state index is -0.320. The number of allylic oxidation sites excluding steroid dienone is 3. The molecule has 2 aliphatic heterocycles. The summed E-state index contributed by atoms with van der Waals surface area (Å²) < 4.78 is 0. The van der Waals surface area contributed by atoms with Gasteiger partial charge in [0.25, 0.3) is 0 Å². The van der Waals surface area contributed by atoms with Gasteiger partial charge in [0.15, 0.2) is 0 Å². The molecule has 0 saturated carbocycles. The lowest BCUT2D eigenvalue weighted by atomic mass is 9.80. The van der Waals surface area contributed by atoms with Crippen molar-refractivity contribution in [2.24, 2.45) is 16.8 Å². The Morgan fingerprint density at radius 2 is 2.14 bits per heavy atom. The molecule has 0 aromatic heterocycles. The summed E-state index contributed by atoms with van der Waals surface area (Å²) in [7, 11) is 0. The van der Waals surface area contributed by atoms with Crippen LogP contribution in [0.3, 0.4) is 0 Å². The molecule has 1 fully saturated rings. The van der Waals surface area contributed by atoms with Gasteiger partial charge in [-0.2, -0.15) is 0 Å². The molecule has 74 valence electrons. The second-order valence-corrected chi connectivity index (χ2v) is 4.17. The quantitative estimate of drug-likeness (QED) is 0.612. The Morgan fingerprint density at radius 3 is 3.07 bits per heavy atom. The summed E-state index contributed by atoms with van der Waals surface area (Å²) in [6.07, 6.45) is 11.2. The van der Waals surface area contributed by atoms with Gasteiger partial charge in [-0.25, -0.2) is 0 Å². The van der Waals surface area contributed by atoms with E-state index in [0.717, 1.165) is 13.0 Å². The van der Waals surface area contributed by atoms with Crippen molar-refractivity contribution in [3.63, 3.8) is 0 Å². The summed E-state index contributed by atoms with van der Waals surface area (Å²) >= 11 is 0. The normalized spacial score (nSPS) is 45.2. The number of hydrogen-bond acceptors (Lipinski definition) is 3. The summed E-state index contributed by atoms with van der Waals surface area (Å²) in [5, 5.41) is 9.91. The van der Waals surface area contributed by atoms with Crippen LogP contribution in [-0.4, -0.2) is 35.2 Å². The zero-order chi connectivity index (χ0) is 9.54. The van der Waals surface area contributed by atoms with E-state index in [-0.39, 0.29) is 12.4 Å². The fourth-order valence-corrected chi connectivity index (χ4v) is 2.67. The zero-order valence-corrected chi connectivity index (χ0v) is 7.95. The van der Waals surface area contributed by atoms with Crippen molar-refractivity contribution in [1.29, 1.82) is 0 Å². The molecule has 0 aromatic rings. The first-order chi connectivity index (χ1) is 6.86. The molecule has 3 rings (SSSR count). The molecule has 0 aromatic carbocycles. The summed E-state index contributed by atoms with van der Waals surface area (Å²) in [5.41, 5.74) is 0. The predicted molar refractivity (Wildman–Crippen MR) is 54.9 cm³/mol. The highest BCUT2D eigenvalue weighted by Crippen LogP contribution is 2.37. The van der Waals surface area contributed by atoms with Gasteiger partial charge in [0.1, 0.15) is 12.4 Å². The van der Waals surface area contributed by atoms with Gasteiger partial charge >= 0.3 is 0 Å². The molecule has 2 heterocycles. The highest BCUT2D eigenvalue weighted by molar-refractivity contribution is 5.62. The largest absolute Gasteiger partial charge is 0.378 e. The van der Waals surface area contributed by atoms with Crippen molar-refractivity contribution < 1.29 is 5.11 Å². The third-order valence-corrected chi connectivity index (χ3v) is 3.40. The molecule has 3 aliphatic rings. The van der Waals surface area contributed by atoms with Gasteiger partial charge < -0.3 is 5.11 Å². The van der Waals surface area contributed by atoms with Gasteiger partial charge in [0.2, 0.25) is 0 Å². The third-order valence-electron chi connectivity index (χ3n) is 3.40. The van der Waals surface area contributed by atoms with E-state index < -0.39 is 0 Å². The first-order valence-corrected chi connectivity index (χ1v) is 5.17. The summed E-state index contributed by atoms with van der Waals surface area (Å²) in [5.74, 6) is 0.925. The lowest BCUT2D eigenvalue weighted by Crippen LogP contribution is -2.50. The van der Waals surface area contributed by atoms with Crippen LogP contribution >= 0.6 is 0 Å². The van der Waals surface area contributed by atoms with Gasteiger partial charge in [-0.3, -0.25) is 9.89 Å². The Labute approximate surface area is 83.4 Å². The molecule has 1 aliphatic carbocycles. The fourth-order valence-electron chi connectivity index (χ4n) is 2.67. The van der Waals surface area contributed by atoms with Crippen molar-refractivity contribution in [3.8, 4) is 0 Å². The van der Waals surface area contributed by atoms with E-state index in [1.807, 2.05) is 6.21 Å². The fraction of sp³-hybridized carbons (Fsp3) is 0.545. The molecule has 0 spiro atoms. The lowest BCUT2D eigenvalue weighted by molar-refractivity contribution is -0.0657. The Morgan fingerprint density at radius 1 is 1.29 bits per heavy atom. The number of aliphatic imine (C=N–C) groups is 1. The Hall–Kier alpha value is -0.930. The number of aliphatic hydroxyl groups is 1. The summed E-state index contributed by atoms with van der Waals surface area (Å²) in [4.78, 5) is 6.52. The number of aliphatic hydroxyl groups excluding tert-OH is 1. The van der Waals surface area contributed by atoms with E-state index in [2.05, 4.69) is 34.2 Å². The first-order valence-electron chi connectivity index (χ1n) is 5.17. The second-order valence-electron chi connectivity index (χ2n) is 4.17. The molecular formula is C11H14N2O. The van der Waals surface area contributed by atoms with Crippen molar-refractivity contribution in [1.82, 2.24) is 4.90 Å². The first kappa shape index (κ1) is 8.38. The molecule has 4 atom stereocenters. The number of fused-ring (bicyclic) bond motifs is 3. The molecule has 1 N–H and O–H groups in total. The van der Waals surface area contributed by atoms with Gasteiger partial charge in [0, 0.05) is 18.7 Å². The molecule has 1 saturated heterocycles. The molecule has 0 radical (unpaired) electrons. The maximum Gasteiger partial charge on any atom is 0.111 e. The van der Waals surface area contributed by atoms with E-state index in [9.17, 15) is 5.11 Å². The molecule has 0 bridgehead atoms. The van der Waals surface area contributed by atoms with Crippen molar-refractivity contribution in [2.45, 2.75) is 18.8 Å².